The van der Waals surface area contributed by atoms with E-state index in [4.69, 9.17) is 0 Å². The fraction of sp³-hybridized carbons (Fsp3) is 0.700. The van der Waals surface area contributed by atoms with E-state index in [9.17, 15) is 0 Å². The van der Waals surface area contributed by atoms with Gasteiger partial charge < -0.3 is 4.90 Å². The summed E-state index contributed by atoms with van der Waals surface area (Å²) in [4.78, 5) is 2.35. The lowest BCUT2D eigenvalue weighted by molar-refractivity contribution is 0.399. The van der Waals surface area contributed by atoms with Crippen LogP contribution in [0.4, 0.5) is 0 Å². The van der Waals surface area contributed by atoms with E-state index in [0.29, 0.717) is 0 Å². The molecule has 21 heavy (non-hydrogen) atoms. The first-order valence-corrected chi connectivity index (χ1v) is 8.95. The molecule has 118 valence electrons. The minimum Gasteiger partial charge on any atom is -0.305 e. The van der Waals surface area contributed by atoms with Crippen molar-refractivity contribution in [3.05, 3.63) is 33.4 Å². The largest absolute Gasteiger partial charge is 0.305 e. The zero-order chi connectivity index (χ0) is 15.4. The summed E-state index contributed by atoms with van der Waals surface area (Å²) in [7, 11) is 4.41. The van der Waals surface area contributed by atoms with E-state index in [-0.39, 0.29) is 0 Å². The second-order valence-corrected chi connectivity index (χ2v) is 6.88. The van der Waals surface area contributed by atoms with E-state index in [0.717, 1.165) is 6.54 Å². The Bertz CT molecular complexity index is 450. The van der Waals surface area contributed by atoms with Gasteiger partial charge in [0.25, 0.3) is 0 Å². The van der Waals surface area contributed by atoms with Crippen LogP contribution < -0.4 is 0 Å². The Balaban J connectivity index is 0.000000497. The summed E-state index contributed by atoms with van der Waals surface area (Å²) in [5, 5.41) is 0. The fourth-order valence-electron chi connectivity index (χ4n) is 4.12. The number of benzene rings is 1. The van der Waals surface area contributed by atoms with Crippen LogP contribution in [0.1, 0.15) is 73.4 Å². The van der Waals surface area contributed by atoms with Crippen molar-refractivity contribution >= 4 is 0 Å². The first-order chi connectivity index (χ1) is 10.1. The molecule has 0 saturated carbocycles. The Kier molecular flexibility index (Phi) is 5.87. The summed E-state index contributed by atoms with van der Waals surface area (Å²) in [6.07, 6.45) is 10.6. The van der Waals surface area contributed by atoms with E-state index in [2.05, 4.69) is 39.8 Å². The highest BCUT2D eigenvalue weighted by Crippen LogP contribution is 2.39. The summed E-state index contributed by atoms with van der Waals surface area (Å²) < 4.78 is 0. The van der Waals surface area contributed by atoms with Gasteiger partial charge in [-0.25, -0.2) is 0 Å². The summed E-state index contributed by atoms with van der Waals surface area (Å²) >= 11 is 0. The van der Waals surface area contributed by atoms with Gasteiger partial charge in [-0.15, -0.1) is 0 Å². The summed E-state index contributed by atoms with van der Waals surface area (Å²) in [6.45, 7) is 7.74. The molecule has 0 amide bonds. The average molecular weight is 287 g/mol. The molecule has 0 bridgehead atoms. The Labute approximate surface area is 131 Å². The number of hydrogen-bond donors (Lipinski definition) is 0. The van der Waals surface area contributed by atoms with Crippen molar-refractivity contribution in [1.29, 1.82) is 0 Å². The third-order valence-corrected chi connectivity index (χ3v) is 4.72. The fourth-order valence-corrected chi connectivity index (χ4v) is 4.12. The third kappa shape index (κ3) is 3.34. The van der Waals surface area contributed by atoms with Gasteiger partial charge in [0.05, 0.1) is 0 Å². The summed E-state index contributed by atoms with van der Waals surface area (Å²) in [6, 6.07) is 0. The molecule has 0 aliphatic heterocycles. The molecule has 0 spiro atoms. The van der Waals surface area contributed by atoms with Gasteiger partial charge in [-0.2, -0.15) is 0 Å². The normalized spacial score (nSPS) is 15.7. The van der Waals surface area contributed by atoms with E-state index in [1.807, 2.05) is 0 Å². The van der Waals surface area contributed by atoms with Crippen LogP contribution in [0.25, 0.3) is 0 Å². The Morgan fingerprint density at radius 3 is 1.43 bits per heavy atom. The molecule has 0 fully saturated rings. The van der Waals surface area contributed by atoms with E-state index >= 15 is 0 Å². The monoisotopic (exact) mass is 287 g/mol. The Hall–Kier alpha value is -0.820. The van der Waals surface area contributed by atoms with E-state index < -0.39 is 0 Å². The predicted octanol–water partition coefficient (Wildman–Crippen LogP) is 4.70. The molecule has 2 aliphatic carbocycles. The second-order valence-electron chi connectivity index (χ2n) is 6.88. The molecule has 0 atom stereocenters. The average Bonchev–Trinajstić information content (AvgIpc) is 3.07. The van der Waals surface area contributed by atoms with Crippen molar-refractivity contribution in [1.82, 2.24) is 4.90 Å². The summed E-state index contributed by atoms with van der Waals surface area (Å²) in [5.74, 6) is 0. The first-order valence-electron chi connectivity index (χ1n) is 8.95. The van der Waals surface area contributed by atoms with Crippen molar-refractivity contribution in [2.75, 3.05) is 14.1 Å². The van der Waals surface area contributed by atoms with Crippen molar-refractivity contribution < 1.29 is 0 Å². The maximum Gasteiger partial charge on any atom is 0.0233 e. The van der Waals surface area contributed by atoms with Crippen LogP contribution in [0.3, 0.4) is 0 Å². The van der Waals surface area contributed by atoms with Crippen molar-refractivity contribution in [2.45, 2.75) is 78.7 Å². The quantitative estimate of drug-likeness (QED) is 0.778. The molecule has 1 aromatic carbocycles. The smallest absolute Gasteiger partial charge is 0.0233 e. The molecule has 0 radical (unpaired) electrons. The minimum atomic E-state index is 1.15. The van der Waals surface area contributed by atoms with E-state index in [1.165, 1.54) is 51.4 Å². The second kappa shape index (κ2) is 7.45. The van der Waals surface area contributed by atoms with Gasteiger partial charge in [-0.3, -0.25) is 0 Å². The molecule has 1 heteroatoms. The topological polar surface area (TPSA) is 3.24 Å². The lowest BCUT2D eigenvalue weighted by Gasteiger charge is -2.21. The van der Waals surface area contributed by atoms with Crippen LogP contribution >= 0.6 is 0 Å². The van der Waals surface area contributed by atoms with Gasteiger partial charge in [0.15, 0.2) is 0 Å². The van der Waals surface area contributed by atoms with Crippen molar-refractivity contribution in [3.8, 4) is 0 Å². The van der Waals surface area contributed by atoms with Gasteiger partial charge in [-0.1, -0.05) is 27.2 Å². The highest BCUT2D eigenvalue weighted by atomic mass is 15.0. The van der Waals surface area contributed by atoms with Gasteiger partial charge in [0.1, 0.15) is 0 Å². The molecule has 0 aromatic heterocycles. The molecule has 0 heterocycles. The molecule has 0 saturated heterocycles. The molecule has 0 N–H and O–H groups in total. The SMILES string of the molecule is CCC.CCc1c2c(c(CN(C)C)c3c1CCC3)CCC2. The molecule has 3 rings (SSSR count). The zero-order valence-electron chi connectivity index (χ0n) is 14.8. The maximum absolute atomic E-state index is 2.35. The van der Waals surface area contributed by atoms with E-state index in [1.54, 1.807) is 33.4 Å². The van der Waals surface area contributed by atoms with Crippen LogP contribution in [-0.4, -0.2) is 19.0 Å². The number of nitrogens with zero attached hydrogens (tertiary/aromatic N) is 1. The molecule has 2 aliphatic rings. The number of hydrogen-bond acceptors (Lipinski definition) is 1. The lowest BCUT2D eigenvalue weighted by Crippen LogP contribution is -2.15. The zero-order valence-corrected chi connectivity index (χ0v) is 14.8. The number of fused-ring (bicyclic) bond motifs is 2. The molecule has 1 nitrogen and oxygen atoms in total. The highest BCUT2D eigenvalue weighted by Gasteiger charge is 2.27. The first kappa shape index (κ1) is 16.5. The van der Waals surface area contributed by atoms with Gasteiger partial charge in [0, 0.05) is 6.54 Å². The van der Waals surface area contributed by atoms with Gasteiger partial charge in [-0.05, 0) is 92.4 Å². The predicted molar refractivity (Wildman–Crippen MR) is 93.2 cm³/mol. The van der Waals surface area contributed by atoms with Crippen LogP contribution in [-0.2, 0) is 38.6 Å². The Morgan fingerprint density at radius 1 is 0.714 bits per heavy atom. The van der Waals surface area contributed by atoms with Crippen LogP contribution in [0, 0.1) is 0 Å². The molecule has 1 aromatic rings. The van der Waals surface area contributed by atoms with Crippen LogP contribution in [0.15, 0.2) is 0 Å². The molecular formula is C20H33N. The van der Waals surface area contributed by atoms with Gasteiger partial charge in [0.2, 0.25) is 0 Å². The molecular weight excluding hydrogens is 254 g/mol. The van der Waals surface area contributed by atoms with Crippen molar-refractivity contribution in [2.24, 2.45) is 0 Å². The third-order valence-electron chi connectivity index (χ3n) is 4.72. The standard InChI is InChI=1S/C17H25N.C3H8/c1-4-12-13-7-5-9-15(13)17(11-18(2)3)16-10-6-8-14(12)16;1-3-2/h4-11H2,1-3H3;3H2,1-2H3. The highest BCUT2D eigenvalue weighted by molar-refractivity contribution is 5.55. The lowest BCUT2D eigenvalue weighted by atomic mass is 9.88. The number of rotatable bonds is 3. The minimum absolute atomic E-state index is 1.15. The van der Waals surface area contributed by atoms with Crippen molar-refractivity contribution in [3.63, 3.8) is 0 Å². The van der Waals surface area contributed by atoms with Gasteiger partial charge >= 0.3 is 0 Å². The maximum atomic E-state index is 2.35. The summed E-state index contributed by atoms with van der Waals surface area (Å²) in [5.41, 5.74) is 10.4. The van der Waals surface area contributed by atoms with Crippen LogP contribution in [0.5, 0.6) is 0 Å². The Morgan fingerprint density at radius 2 is 1.10 bits per heavy atom. The molecule has 0 unspecified atom stereocenters. The van der Waals surface area contributed by atoms with Crippen LogP contribution in [0.2, 0.25) is 0 Å².